The maximum Gasteiger partial charge on any atom is 0.119 e. The Labute approximate surface area is 96.9 Å². The Morgan fingerprint density at radius 2 is 2.12 bits per heavy atom. The third-order valence-electron chi connectivity index (χ3n) is 3.85. The van der Waals surface area contributed by atoms with Crippen LogP contribution in [-0.2, 0) is 0 Å². The molecular weight excluding hydrogens is 201 g/mol. The second-order valence-corrected chi connectivity index (χ2v) is 5.71. The fourth-order valence-electron chi connectivity index (χ4n) is 3.22. The molecular formula is C14H20FN. The average molecular weight is 221 g/mol. The topological polar surface area (TPSA) is 26.0 Å². The van der Waals surface area contributed by atoms with Crippen LogP contribution in [0.25, 0.3) is 0 Å². The molecule has 0 unspecified atom stereocenters. The van der Waals surface area contributed by atoms with E-state index in [-0.39, 0.29) is 17.2 Å². The van der Waals surface area contributed by atoms with E-state index in [1.165, 1.54) is 11.6 Å². The third kappa shape index (κ3) is 1.81. The molecule has 0 spiro atoms. The van der Waals surface area contributed by atoms with E-state index < -0.39 is 0 Å². The fraction of sp³-hybridized carbons (Fsp3) is 0.571. The van der Waals surface area contributed by atoms with E-state index in [0.717, 1.165) is 12.1 Å². The van der Waals surface area contributed by atoms with Crippen LogP contribution in [0.15, 0.2) is 35.3 Å². The summed E-state index contributed by atoms with van der Waals surface area (Å²) in [6.45, 7) is 6.59. The Hall–Kier alpha value is -1.05. The van der Waals surface area contributed by atoms with Crippen molar-refractivity contribution >= 4 is 0 Å². The van der Waals surface area contributed by atoms with Crippen molar-refractivity contribution in [3.63, 3.8) is 0 Å². The van der Waals surface area contributed by atoms with Crippen LogP contribution < -0.4 is 5.73 Å². The molecule has 0 radical (unpaired) electrons. The lowest BCUT2D eigenvalue weighted by Gasteiger charge is -2.26. The van der Waals surface area contributed by atoms with Crippen molar-refractivity contribution in [1.82, 2.24) is 0 Å². The first-order valence-electron chi connectivity index (χ1n) is 5.94. The van der Waals surface area contributed by atoms with Gasteiger partial charge in [0.05, 0.1) is 0 Å². The molecule has 0 aromatic heterocycles. The second-order valence-electron chi connectivity index (χ2n) is 5.71. The molecule has 2 N–H and O–H groups in total. The fourth-order valence-corrected chi connectivity index (χ4v) is 3.22. The summed E-state index contributed by atoms with van der Waals surface area (Å²) in [5, 5.41) is 0. The highest BCUT2D eigenvalue weighted by molar-refractivity contribution is 5.34. The molecule has 2 rings (SSSR count). The molecule has 0 amide bonds. The number of hydrogen-bond donors (Lipinski definition) is 1. The zero-order valence-corrected chi connectivity index (χ0v) is 10.3. The van der Waals surface area contributed by atoms with Gasteiger partial charge in [-0.2, -0.15) is 0 Å². The first-order valence-corrected chi connectivity index (χ1v) is 5.94. The van der Waals surface area contributed by atoms with E-state index >= 15 is 0 Å². The SMILES string of the molecule is C[C@@H]1CC(C)(C)[C@@H]2C=C(F)/C=C\CC(N)=C12. The number of fused-ring (bicyclic) bond motifs is 1. The molecule has 0 bridgehead atoms. The van der Waals surface area contributed by atoms with E-state index in [0.29, 0.717) is 12.3 Å². The molecule has 0 heterocycles. The number of rotatable bonds is 0. The van der Waals surface area contributed by atoms with E-state index in [4.69, 9.17) is 5.73 Å². The molecule has 2 atom stereocenters. The van der Waals surface area contributed by atoms with Gasteiger partial charge >= 0.3 is 0 Å². The number of hydrogen-bond acceptors (Lipinski definition) is 1. The first kappa shape index (κ1) is 11.4. The number of halogens is 1. The second kappa shape index (κ2) is 3.76. The molecule has 0 aromatic carbocycles. The maximum atomic E-state index is 13.6. The van der Waals surface area contributed by atoms with Crippen molar-refractivity contribution in [2.75, 3.05) is 0 Å². The van der Waals surface area contributed by atoms with E-state index in [1.54, 1.807) is 6.08 Å². The normalized spacial score (nSPS) is 35.1. The Kier molecular flexibility index (Phi) is 2.69. The van der Waals surface area contributed by atoms with Gasteiger partial charge in [-0.05, 0) is 35.5 Å². The Bertz CT molecular complexity index is 388. The van der Waals surface area contributed by atoms with Crippen LogP contribution >= 0.6 is 0 Å². The predicted molar refractivity (Wildman–Crippen MR) is 65.2 cm³/mol. The Morgan fingerprint density at radius 1 is 1.44 bits per heavy atom. The summed E-state index contributed by atoms with van der Waals surface area (Å²) in [5.41, 5.74) is 8.42. The molecule has 0 saturated heterocycles. The molecule has 2 aliphatic rings. The van der Waals surface area contributed by atoms with Gasteiger partial charge in [-0.3, -0.25) is 0 Å². The highest BCUT2D eigenvalue weighted by Gasteiger charge is 2.42. The largest absolute Gasteiger partial charge is 0.402 e. The molecule has 1 fully saturated rings. The van der Waals surface area contributed by atoms with Gasteiger partial charge in [-0.15, -0.1) is 0 Å². The van der Waals surface area contributed by atoms with Crippen LogP contribution in [0.1, 0.15) is 33.6 Å². The number of allylic oxidation sites excluding steroid dienone is 5. The van der Waals surface area contributed by atoms with E-state index in [9.17, 15) is 4.39 Å². The van der Waals surface area contributed by atoms with Crippen LogP contribution in [0.2, 0.25) is 0 Å². The van der Waals surface area contributed by atoms with Gasteiger partial charge in [0.1, 0.15) is 5.83 Å². The van der Waals surface area contributed by atoms with Crippen molar-refractivity contribution in [2.24, 2.45) is 23.0 Å². The van der Waals surface area contributed by atoms with Crippen molar-refractivity contribution in [3.8, 4) is 0 Å². The molecule has 1 saturated carbocycles. The van der Waals surface area contributed by atoms with Gasteiger partial charge in [0, 0.05) is 18.0 Å². The van der Waals surface area contributed by atoms with Gasteiger partial charge in [-0.1, -0.05) is 26.8 Å². The van der Waals surface area contributed by atoms with Gasteiger partial charge in [0.25, 0.3) is 0 Å². The minimum absolute atomic E-state index is 0.113. The van der Waals surface area contributed by atoms with Gasteiger partial charge in [0.15, 0.2) is 0 Å². The van der Waals surface area contributed by atoms with Crippen molar-refractivity contribution in [2.45, 2.75) is 33.6 Å². The van der Waals surface area contributed by atoms with E-state index in [1.807, 2.05) is 6.08 Å². The Morgan fingerprint density at radius 3 is 2.81 bits per heavy atom. The lowest BCUT2D eigenvalue weighted by molar-refractivity contribution is 0.311. The van der Waals surface area contributed by atoms with Crippen LogP contribution in [0.5, 0.6) is 0 Å². The summed E-state index contributed by atoms with van der Waals surface area (Å²) in [4.78, 5) is 0. The molecule has 2 heteroatoms. The minimum Gasteiger partial charge on any atom is -0.402 e. The van der Waals surface area contributed by atoms with Crippen LogP contribution in [0.4, 0.5) is 4.39 Å². The molecule has 2 aliphatic carbocycles. The highest BCUT2D eigenvalue weighted by atomic mass is 19.1. The van der Waals surface area contributed by atoms with Gasteiger partial charge in [-0.25, -0.2) is 4.39 Å². The molecule has 88 valence electrons. The molecule has 0 aromatic rings. The predicted octanol–water partition coefficient (Wildman–Crippen LogP) is 3.69. The van der Waals surface area contributed by atoms with Crippen LogP contribution in [0, 0.1) is 17.3 Å². The zero-order valence-electron chi connectivity index (χ0n) is 10.3. The summed E-state index contributed by atoms with van der Waals surface area (Å²) >= 11 is 0. The standard InChI is InChI=1S/C14H20FN/c1-9-8-14(2,3)11-7-10(15)5-4-6-12(16)13(9)11/h4-5,7,9,11H,6,8,16H2,1-3H3/b5-4-,10-7?,13-12?/t9-,11-/m1/s1. The zero-order chi connectivity index (χ0) is 11.9. The Balaban J connectivity index is 2.53. The maximum absolute atomic E-state index is 13.6. The monoisotopic (exact) mass is 221 g/mol. The van der Waals surface area contributed by atoms with Gasteiger partial charge < -0.3 is 5.73 Å². The van der Waals surface area contributed by atoms with Crippen LogP contribution in [0.3, 0.4) is 0 Å². The van der Waals surface area contributed by atoms with Crippen molar-refractivity contribution in [3.05, 3.63) is 35.3 Å². The lowest BCUT2D eigenvalue weighted by atomic mass is 9.79. The molecule has 16 heavy (non-hydrogen) atoms. The minimum atomic E-state index is -0.128. The smallest absolute Gasteiger partial charge is 0.119 e. The summed E-state index contributed by atoms with van der Waals surface area (Å²) in [6, 6.07) is 0. The highest BCUT2D eigenvalue weighted by Crippen LogP contribution is 2.51. The summed E-state index contributed by atoms with van der Waals surface area (Å²) in [7, 11) is 0. The first-order chi connectivity index (χ1) is 7.42. The van der Waals surface area contributed by atoms with Crippen LogP contribution in [-0.4, -0.2) is 0 Å². The summed E-state index contributed by atoms with van der Waals surface area (Å²) < 4.78 is 13.6. The van der Waals surface area contributed by atoms with Crippen molar-refractivity contribution < 1.29 is 4.39 Å². The van der Waals surface area contributed by atoms with E-state index in [2.05, 4.69) is 20.8 Å². The third-order valence-corrected chi connectivity index (χ3v) is 3.85. The molecule has 0 aliphatic heterocycles. The quantitative estimate of drug-likeness (QED) is 0.663. The van der Waals surface area contributed by atoms with Crippen molar-refractivity contribution in [1.29, 1.82) is 0 Å². The van der Waals surface area contributed by atoms with Gasteiger partial charge in [0.2, 0.25) is 0 Å². The lowest BCUT2D eigenvalue weighted by Crippen LogP contribution is -2.19. The molecule has 1 nitrogen and oxygen atoms in total. The summed E-state index contributed by atoms with van der Waals surface area (Å²) in [5.74, 6) is 0.500. The summed E-state index contributed by atoms with van der Waals surface area (Å²) in [6.07, 6.45) is 6.83. The average Bonchev–Trinajstić information content (AvgIpc) is 2.33. The number of nitrogens with two attached hydrogens (primary N) is 1.